The summed E-state index contributed by atoms with van der Waals surface area (Å²) in [4.78, 5) is 14.8. The summed E-state index contributed by atoms with van der Waals surface area (Å²) in [5.74, 6) is 0.728. The largest absolute Gasteiger partial charge is 0.323 e. The van der Waals surface area contributed by atoms with Crippen LogP contribution in [0.2, 0.25) is 0 Å². The second kappa shape index (κ2) is 7.65. The number of hydrogen-bond donors (Lipinski definition) is 1. The molecule has 1 saturated heterocycles. The molecular weight excluding hydrogens is 340 g/mol. The number of carbonyl (C=O) groups excluding carboxylic acids is 1. The van der Waals surface area contributed by atoms with Crippen molar-refractivity contribution in [3.63, 3.8) is 0 Å². The lowest BCUT2D eigenvalue weighted by Gasteiger charge is -2.25. The monoisotopic (exact) mass is 364 g/mol. The first-order chi connectivity index (χ1) is 13.2. The summed E-state index contributed by atoms with van der Waals surface area (Å²) < 4.78 is 3.74. The van der Waals surface area contributed by atoms with E-state index in [1.807, 2.05) is 57.7 Å². The average Bonchev–Trinajstić information content (AvgIpc) is 3.39. The summed E-state index contributed by atoms with van der Waals surface area (Å²) >= 11 is 0. The second-order valence-corrected chi connectivity index (χ2v) is 6.96. The predicted molar refractivity (Wildman–Crippen MR) is 103 cm³/mol. The Bertz CT molecular complexity index is 887. The molecule has 4 rings (SSSR count). The maximum absolute atomic E-state index is 12.9. The molecule has 3 heterocycles. The normalized spacial score (nSPS) is 16.6. The Morgan fingerprint density at radius 2 is 2.11 bits per heavy atom. The van der Waals surface area contributed by atoms with E-state index in [0.717, 1.165) is 43.0 Å². The average molecular weight is 364 g/mol. The molecule has 0 radical (unpaired) electrons. The molecule has 1 N–H and O–H groups in total. The van der Waals surface area contributed by atoms with Gasteiger partial charge in [0.1, 0.15) is 5.82 Å². The molecule has 1 aliphatic rings. The number of amides is 2. The highest BCUT2D eigenvalue weighted by molar-refractivity contribution is 5.89. The molecule has 7 heteroatoms. The van der Waals surface area contributed by atoms with E-state index in [9.17, 15) is 4.79 Å². The molecule has 2 amide bonds. The summed E-state index contributed by atoms with van der Waals surface area (Å²) in [6, 6.07) is 14.0. The lowest BCUT2D eigenvalue weighted by atomic mass is 10.2. The number of aryl methyl sites for hydroxylation is 1. The van der Waals surface area contributed by atoms with Crippen LogP contribution in [0.15, 0.2) is 54.9 Å². The van der Waals surface area contributed by atoms with Gasteiger partial charge in [-0.1, -0.05) is 30.3 Å². The SMILES string of the molecule is Cc1cc(NC(=O)N2CCCC2Cn2cccn2)n(Cc2ccccc2)n1. The van der Waals surface area contributed by atoms with E-state index in [4.69, 9.17) is 0 Å². The molecule has 1 aromatic carbocycles. The first-order valence-corrected chi connectivity index (χ1v) is 9.32. The summed E-state index contributed by atoms with van der Waals surface area (Å²) in [5.41, 5.74) is 2.03. The Kier molecular flexibility index (Phi) is 4.91. The van der Waals surface area contributed by atoms with Crippen LogP contribution in [-0.4, -0.2) is 43.1 Å². The Hall–Kier alpha value is -3.09. The number of carbonyl (C=O) groups is 1. The number of anilines is 1. The molecule has 7 nitrogen and oxygen atoms in total. The van der Waals surface area contributed by atoms with Crippen LogP contribution in [-0.2, 0) is 13.1 Å². The van der Waals surface area contributed by atoms with Gasteiger partial charge >= 0.3 is 6.03 Å². The number of aromatic nitrogens is 4. The van der Waals surface area contributed by atoms with Crippen molar-refractivity contribution in [2.75, 3.05) is 11.9 Å². The molecule has 1 aliphatic heterocycles. The smallest absolute Gasteiger partial charge is 0.320 e. The molecule has 140 valence electrons. The van der Waals surface area contributed by atoms with Gasteiger partial charge in [-0.2, -0.15) is 10.2 Å². The van der Waals surface area contributed by atoms with Crippen molar-refractivity contribution in [3.05, 3.63) is 66.1 Å². The molecule has 0 aliphatic carbocycles. The summed E-state index contributed by atoms with van der Waals surface area (Å²) in [7, 11) is 0. The Labute approximate surface area is 158 Å². The van der Waals surface area contributed by atoms with Gasteiger partial charge in [-0.3, -0.25) is 10.00 Å². The first kappa shape index (κ1) is 17.3. The van der Waals surface area contributed by atoms with Crippen molar-refractivity contribution in [3.8, 4) is 0 Å². The van der Waals surface area contributed by atoms with Crippen LogP contribution in [0.4, 0.5) is 10.6 Å². The third kappa shape index (κ3) is 4.02. The fourth-order valence-electron chi connectivity index (χ4n) is 3.62. The first-order valence-electron chi connectivity index (χ1n) is 9.32. The minimum Gasteiger partial charge on any atom is -0.320 e. The topological polar surface area (TPSA) is 68.0 Å². The lowest BCUT2D eigenvalue weighted by Crippen LogP contribution is -2.41. The zero-order valence-corrected chi connectivity index (χ0v) is 15.5. The van der Waals surface area contributed by atoms with Crippen molar-refractivity contribution in [1.82, 2.24) is 24.5 Å². The molecule has 0 spiro atoms. The van der Waals surface area contributed by atoms with Crippen LogP contribution in [0.1, 0.15) is 24.1 Å². The van der Waals surface area contributed by atoms with Crippen molar-refractivity contribution >= 4 is 11.8 Å². The van der Waals surface area contributed by atoms with E-state index >= 15 is 0 Å². The number of rotatable bonds is 5. The zero-order chi connectivity index (χ0) is 18.6. The number of benzene rings is 1. The molecule has 0 bridgehead atoms. The van der Waals surface area contributed by atoms with Gasteiger partial charge in [-0.15, -0.1) is 0 Å². The Balaban J connectivity index is 1.46. The molecule has 27 heavy (non-hydrogen) atoms. The van der Waals surface area contributed by atoms with Crippen LogP contribution in [0, 0.1) is 6.92 Å². The molecule has 0 saturated carbocycles. The minimum atomic E-state index is -0.0705. The second-order valence-electron chi connectivity index (χ2n) is 6.96. The van der Waals surface area contributed by atoms with Crippen LogP contribution < -0.4 is 5.32 Å². The van der Waals surface area contributed by atoms with Gasteiger partial charge in [0.15, 0.2) is 0 Å². The van der Waals surface area contributed by atoms with Crippen molar-refractivity contribution in [1.29, 1.82) is 0 Å². The van der Waals surface area contributed by atoms with E-state index in [1.165, 1.54) is 0 Å². The van der Waals surface area contributed by atoms with E-state index in [2.05, 4.69) is 27.6 Å². The van der Waals surface area contributed by atoms with Crippen molar-refractivity contribution < 1.29 is 4.79 Å². The van der Waals surface area contributed by atoms with Crippen LogP contribution in [0.5, 0.6) is 0 Å². The van der Waals surface area contributed by atoms with Gasteiger partial charge in [-0.25, -0.2) is 9.48 Å². The highest BCUT2D eigenvalue weighted by Gasteiger charge is 2.29. The quantitative estimate of drug-likeness (QED) is 0.756. The van der Waals surface area contributed by atoms with Crippen molar-refractivity contribution in [2.24, 2.45) is 0 Å². The number of nitrogens with one attached hydrogen (secondary N) is 1. The van der Waals surface area contributed by atoms with E-state index in [0.29, 0.717) is 6.54 Å². The number of nitrogens with zero attached hydrogens (tertiary/aromatic N) is 5. The van der Waals surface area contributed by atoms with Gasteiger partial charge < -0.3 is 4.90 Å². The standard InChI is InChI=1S/C20H24N6O/c1-16-13-19(26(23-16)14-17-7-3-2-4-8-17)22-20(27)25-12-5-9-18(25)15-24-11-6-10-21-24/h2-4,6-8,10-11,13,18H,5,9,12,14-15H2,1H3,(H,22,27). The number of likely N-dealkylation sites (tertiary alicyclic amines) is 1. The molecule has 3 aromatic rings. The van der Waals surface area contributed by atoms with Gasteiger partial charge in [0.05, 0.1) is 24.8 Å². The maximum atomic E-state index is 12.9. The highest BCUT2D eigenvalue weighted by Crippen LogP contribution is 2.21. The summed E-state index contributed by atoms with van der Waals surface area (Å²) in [6.45, 7) is 4.06. The molecule has 1 unspecified atom stereocenters. The minimum absolute atomic E-state index is 0.0705. The third-order valence-corrected chi connectivity index (χ3v) is 4.91. The highest BCUT2D eigenvalue weighted by atomic mass is 16.2. The maximum Gasteiger partial charge on any atom is 0.323 e. The van der Waals surface area contributed by atoms with Crippen LogP contribution in [0.25, 0.3) is 0 Å². The van der Waals surface area contributed by atoms with Gasteiger partial charge in [0, 0.05) is 25.0 Å². The number of hydrogen-bond acceptors (Lipinski definition) is 3. The van der Waals surface area contributed by atoms with E-state index in [1.54, 1.807) is 6.20 Å². The summed E-state index contributed by atoms with van der Waals surface area (Å²) in [6.07, 6.45) is 5.72. The molecular formula is C20H24N6O. The van der Waals surface area contributed by atoms with Gasteiger partial charge in [-0.05, 0) is 31.4 Å². The molecule has 1 atom stereocenters. The zero-order valence-electron chi connectivity index (χ0n) is 15.5. The fraction of sp³-hybridized carbons (Fsp3) is 0.350. The third-order valence-electron chi connectivity index (χ3n) is 4.91. The molecule has 1 fully saturated rings. The lowest BCUT2D eigenvalue weighted by molar-refractivity contribution is 0.199. The summed E-state index contributed by atoms with van der Waals surface area (Å²) in [5, 5.41) is 11.9. The van der Waals surface area contributed by atoms with Gasteiger partial charge in [0.2, 0.25) is 0 Å². The Morgan fingerprint density at radius 3 is 2.89 bits per heavy atom. The fourth-order valence-corrected chi connectivity index (χ4v) is 3.62. The van der Waals surface area contributed by atoms with Crippen LogP contribution in [0.3, 0.4) is 0 Å². The van der Waals surface area contributed by atoms with Gasteiger partial charge in [0.25, 0.3) is 0 Å². The molecule has 2 aromatic heterocycles. The van der Waals surface area contributed by atoms with Crippen LogP contribution >= 0.6 is 0 Å². The Morgan fingerprint density at radius 1 is 1.26 bits per heavy atom. The predicted octanol–water partition coefficient (Wildman–Crippen LogP) is 3.13. The number of urea groups is 1. The van der Waals surface area contributed by atoms with E-state index < -0.39 is 0 Å². The van der Waals surface area contributed by atoms with Crippen molar-refractivity contribution in [2.45, 2.75) is 38.9 Å². The van der Waals surface area contributed by atoms with E-state index in [-0.39, 0.29) is 12.1 Å².